The summed E-state index contributed by atoms with van der Waals surface area (Å²) in [5.41, 5.74) is -0.491. The number of nitrogens with zero attached hydrogens (tertiary/aromatic N) is 2. The molecule has 4 nitrogen and oxygen atoms in total. The molecule has 0 spiro atoms. The molecule has 0 N–H and O–H groups in total. The molecule has 5 heteroatoms. The van der Waals surface area contributed by atoms with Gasteiger partial charge in [0.15, 0.2) is 0 Å². The molecule has 1 aliphatic heterocycles. The van der Waals surface area contributed by atoms with E-state index in [4.69, 9.17) is 8.85 Å². The van der Waals surface area contributed by atoms with E-state index in [0.29, 0.717) is 31.6 Å². The normalized spacial score (nSPS) is 19.3. The van der Waals surface area contributed by atoms with Crippen molar-refractivity contribution in [3.05, 3.63) is 52.7 Å². The molecule has 2 heterocycles. The Morgan fingerprint density at radius 1 is 1.27 bits per heavy atom. The summed E-state index contributed by atoms with van der Waals surface area (Å²) >= 11 is 1.75. The van der Waals surface area contributed by atoms with Crippen LogP contribution >= 0.6 is 11.3 Å². The largest absolute Gasteiger partial charge is 0.358 e. The molecule has 0 unspecified atom stereocenters. The summed E-state index contributed by atoms with van der Waals surface area (Å²) in [6.07, 6.45) is 2.16. The molecular formula is C21H28N2O2S. The van der Waals surface area contributed by atoms with E-state index < -0.39 is 12.8 Å². The van der Waals surface area contributed by atoms with Crippen molar-refractivity contribution in [1.29, 1.82) is 0 Å². The van der Waals surface area contributed by atoms with Gasteiger partial charge in [-0.2, -0.15) is 0 Å². The predicted molar refractivity (Wildman–Crippen MR) is 108 cm³/mol. The van der Waals surface area contributed by atoms with Crippen LogP contribution in [-0.2, 0) is 16.0 Å². The number of thiophene rings is 1. The number of rotatable bonds is 7. The van der Waals surface area contributed by atoms with E-state index in [0.717, 1.165) is 13.0 Å². The second kappa shape index (κ2) is 8.80. The Hall–Kier alpha value is -1.69. The second-order valence-electron chi connectivity index (χ2n) is 6.64. The van der Waals surface area contributed by atoms with Crippen molar-refractivity contribution in [2.45, 2.75) is 38.3 Å². The van der Waals surface area contributed by atoms with Gasteiger partial charge in [0.2, 0.25) is 5.91 Å². The molecule has 26 heavy (non-hydrogen) atoms. The van der Waals surface area contributed by atoms with Gasteiger partial charge in [0.25, 0.3) is 0 Å². The average molecular weight is 376 g/mol. The summed E-state index contributed by atoms with van der Waals surface area (Å²) in [6.45, 7) is 4.07. The lowest BCUT2D eigenvalue weighted by Crippen LogP contribution is -2.59. The number of amides is 1. The summed E-state index contributed by atoms with van der Waals surface area (Å²) in [7, 11) is -2.58. The molecule has 0 saturated carbocycles. The molecule has 3 rings (SSSR count). The maximum absolute atomic E-state index is 12.9. The molecule has 2 aromatic rings. The van der Waals surface area contributed by atoms with E-state index in [1.807, 2.05) is 30.3 Å². The van der Waals surface area contributed by atoms with Crippen molar-refractivity contribution in [2.24, 2.45) is 0 Å². The minimum atomic E-state index is -2.58. The molecule has 1 saturated heterocycles. The summed E-state index contributed by atoms with van der Waals surface area (Å²) in [6, 6.07) is 13.4. The van der Waals surface area contributed by atoms with E-state index in [9.17, 15) is 4.79 Å². The third-order valence-electron chi connectivity index (χ3n) is 5.06. The molecule has 1 aliphatic rings. The van der Waals surface area contributed by atoms with E-state index in [1.165, 1.54) is 4.88 Å². The highest BCUT2D eigenvalue weighted by Crippen LogP contribution is 2.34. The third-order valence-corrected chi connectivity index (χ3v) is 5.99. The van der Waals surface area contributed by atoms with E-state index >= 15 is 0 Å². The number of ether oxygens (including phenoxy) is 1. The first-order valence-corrected chi connectivity index (χ1v) is 10.0. The Morgan fingerprint density at radius 3 is 2.65 bits per heavy atom. The lowest BCUT2D eigenvalue weighted by Gasteiger charge is -2.47. The second-order valence-corrected chi connectivity index (χ2v) is 7.67. The van der Waals surface area contributed by atoms with Crippen molar-refractivity contribution in [3.8, 4) is 0 Å². The fourth-order valence-corrected chi connectivity index (χ4v) is 4.26. The van der Waals surface area contributed by atoms with E-state index in [2.05, 4.69) is 22.4 Å². The molecule has 1 amide bonds. The number of methoxy groups -OCH3 is 1. The van der Waals surface area contributed by atoms with Crippen molar-refractivity contribution in [1.82, 2.24) is 4.90 Å². The van der Waals surface area contributed by atoms with Gasteiger partial charge in [-0.1, -0.05) is 31.2 Å². The van der Waals surface area contributed by atoms with Crippen LogP contribution < -0.4 is 4.90 Å². The zero-order valence-electron chi connectivity index (χ0n) is 18.2. The van der Waals surface area contributed by atoms with Gasteiger partial charge in [0, 0.05) is 56.5 Å². The van der Waals surface area contributed by atoms with Crippen molar-refractivity contribution >= 4 is 22.9 Å². The number of benzene rings is 1. The van der Waals surface area contributed by atoms with E-state index in [-0.39, 0.29) is 12.3 Å². The van der Waals surface area contributed by atoms with Crippen LogP contribution in [0, 0.1) is 0 Å². The summed E-state index contributed by atoms with van der Waals surface area (Å²) < 4.78 is 28.9. The van der Waals surface area contributed by atoms with Crippen molar-refractivity contribution < 1.29 is 13.6 Å². The Morgan fingerprint density at radius 2 is 2.04 bits per heavy atom. The minimum absolute atomic E-state index is 0.132. The molecule has 0 bridgehead atoms. The highest BCUT2D eigenvalue weighted by molar-refractivity contribution is 7.09. The van der Waals surface area contributed by atoms with Crippen LogP contribution in [0.5, 0.6) is 0 Å². The lowest BCUT2D eigenvalue weighted by molar-refractivity contribution is -0.128. The van der Waals surface area contributed by atoms with Gasteiger partial charge < -0.3 is 9.64 Å². The first kappa shape index (κ1) is 15.4. The lowest BCUT2D eigenvalue weighted by atomic mass is 9.96. The molecule has 140 valence electrons. The number of carbonyl (C=O) groups is 1. The highest BCUT2D eigenvalue weighted by atomic mass is 32.1. The van der Waals surface area contributed by atoms with Gasteiger partial charge in [0.05, 0.1) is 4.11 Å². The third kappa shape index (κ3) is 4.17. The summed E-state index contributed by atoms with van der Waals surface area (Å²) in [5, 5.41) is 2.08. The van der Waals surface area contributed by atoms with Crippen LogP contribution in [0.3, 0.4) is 0 Å². The maximum Gasteiger partial charge on any atom is 0.229 e. The number of para-hydroxylation sites is 1. The zero-order valence-corrected chi connectivity index (χ0v) is 16.0. The Kier molecular flexibility index (Phi) is 5.20. The van der Waals surface area contributed by atoms with Crippen LogP contribution in [0.2, 0.25) is 0 Å². The Balaban J connectivity index is 1.81. The van der Waals surface area contributed by atoms with Crippen molar-refractivity contribution in [2.75, 3.05) is 31.6 Å². The molecule has 0 radical (unpaired) electrons. The number of hydrogen-bond donors (Lipinski definition) is 0. The molecular weight excluding hydrogens is 344 g/mol. The van der Waals surface area contributed by atoms with Gasteiger partial charge in [-0.05, 0) is 30.0 Å². The number of piperidine rings is 1. The van der Waals surface area contributed by atoms with Gasteiger partial charge in [-0.3, -0.25) is 9.69 Å². The van der Waals surface area contributed by atoms with Crippen LogP contribution in [0.1, 0.15) is 35.2 Å². The molecule has 1 fully saturated rings. The number of hydrogen-bond acceptors (Lipinski definition) is 4. The molecule has 1 aromatic heterocycles. The molecule has 0 atom stereocenters. The molecule has 0 aliphatic carbocycles. The minimum Gasteiger partial charge on any atom is -0.358 e. The Bertz CT molecular complexity index is 773. The first-order valence-electron chi connectivity index (χ1n) is 10.7. The van der Waals surface area contributed by atoms with Gasteiger partial charge in [-0.25, -0.2) is 0 Å². The summed E-state index contributed by atoms with van der Waals surface area (Å²) in [4.78, 5) is 18.2. The topological polar surface area (TPSA) is 32.8 Å². The molecule has 1 aromatic carbocycles. The maximum atomic E-state index is 12.9. The monoisotopic (exact) mass is 375 g/mol. The highest BCUT2D eigenvalue weighted by Gasteiger charge is 2.42. The van der Waals surface area contributed by atoms with Crippen LogP contribution in [0.25, 0.3) is 0 Å². The van der Waals surface area contributed by atoms with Gasteiger partial charge in [0.1, 0.15) is 5.72 Å². The van der Waals surface area contributed by atoms with Crippen LogP contribution in [-0.4, -0.2) is 43.2 Å². The average Bonchev–Trinajstić information content (AvgIpc) is 3.21. The number of likely N-dealkylation sites (tertiary alicyclic amines) is 1. The Labute approximate surface area is 164 Å². The number of anilines is 1. The SMILES string of the molecule is [2H]C([2H])([2H])OC1(N(C(=O)CC)c2ccccc2)CCN(CCc2cccs2)CC1. The standard InChI is InChI=1S/C21H28N2O2S/c1-3-20(24)23(18-8-5-4-6-9-18)21(25-2)12-15-22(16-13-21)14-11-19-10-7-17-26-19/h4-10,17H,3,11-16H2,1-2H3/i2D3. The predicted octanol–water partition coefficient (Wildman–Crippen LogP) is 4.17. The fourth-order valence-electron chi connectivity index (χ4n) is 3.56. The zero-order chi connectivity index (χ0) is 20.9. The van der Waals surface area contributed by atoms with Crippen LogP contribution in [0.15, 0.2) is 47.8 Å². The van der Waals surface area contributed by atoms with E-state index in [1.54, 1.807) is 23.2 Å². The first-order chi connectivity index (χ1) is 13.8. The quantitative estimate of drug-likeness (QED) is 0.681. The summed E-state index contributed by atoms with van der Waals surface area (Å²) in [5.74, 6) is -0.132. The smallest absolute Gasteiger partial charge is 0.229 e. The van der Waals surface area contributed by atoms with Gasteiger partial charge >= 0.3 is 0 Å². The number of carbonyl (C=O) groups excluding carboxylic acids is 1. The fraction of sp³-hybridized carbons (Fsp3) is 0.476. The van der Waals surface area contributed by atoms with Crippen molar-refractivity contribution in [3.63, 3.8) is 0 Å². The van der Waals surface area contributed by atoms with Gasteiger partial charge in [-0.15, -0.1) is 11.3 Å². The van der Waals surface area contributed by atoms with Crippen LogP contribution in [0.4, 0.5) is 5.69 Å².